The molecule has 1 atom stereocenters. The summed E-state index contributed by atoms with van der Waals surface area (Å²) >= 11 is 6.08. The van der Waals surface area contributed by atoms with Crippen LogP contribution >= 0.6 is 11.6 Å². The van der Waals surface area contributed by atoms with Crippen molar-refractivity contribution < 1.29 is 4.79 Å². The van der Waals surface area contributed by atoms with Crippen LogP contribution < -0.4 is 0 Å². The Kier molecular flexibility index (Phi) is 4.16. The summed E-state index contributed by atoms with van der Waals surface area (Å²) in [4.78, 5) is 18.8. The summed E-state index contributed by atoms with van der Waals surface area (Å²) in [5.74, 6) is -0.0280. The lowest BCUT2D eigenvalue weighted by molar-refractivity contribution is 0.0735. The second kappa shape index (κ2) is 6.09. The van der Waals surface area contributed by atoms with E-state index in [0.717, 1.165) is 19.4 Å². The molecule has 0 aliphatic carbocycles. The number of likely N-dealkylation sites (tertiary alicyclic amines) is 1. The standard InChI is InChI=1S/C18H19ClN2O/c1-12-9-13(2)11-14(10-12)16-6-4-8-21(16)18(22)15-5-3-7-20-17(15)19/h3,5,7,9-11,16H,4,6,8H2,1-2H3. The Hall–Kier alpha value is -1.87. The highest BCUT2D eigenvalue weighted by Crippen LogP contribution is 2.34. The molecule has 1 aliphatic heterocycles. The first kappa shape index (κ1) is 15.0. The van der Waals surface area contributed by atoms with Crippen molar-refractivity contribution in [2.75, 3.05) is 6.54 Å². The SMILES string of the molecule is Cc1cc(C)cc(C2CCCN2C(=O)c2cccnc2Cl)c1. The summed E-state index contributed by atoms with van der Waals surface area (Å²) in [6.07, 6.45) is 3.61. The fourth-order valence-corrected chi connectivity index (χ4v) is 3.46. The van der Waals surface area contributed by atoms with Crippen LogP contribution in [0.25, 0.3) is 0 Å². The molecule has 2 heterocycles. The average molecular weight is 315 g/mol. The van der Waals surface area contributed by atoms with Crippen molar-refractivity contribution in [3.63, 3.8) is 0 Å². The van der Waals surface area contributed by atoms with Gasteiger partial charge in [0.1, 0.15) is 5.15 Å². The van der Waals surface area contributed by atoms with E-state index in [-0.39, 0.29) is 17.1 Å². The zero-order valence-electron chi connectivity index (χ0n) is 12.8. The van der Waals surface area contributed by atoms with E-state index in [0.29, 0.717) is 5.56 Å². The fraction of sp³-hybridized carbons (Fsp3) is 0.333. The van der Waals surface area contributed by atoms with Crippen LogP contribution in [0.2, 0.25) is 5.15 Å². The van der Waals surface area contributed by atoms with Gasteiger partial charge in [-0.25, -0.2) is 4.98 Å². The van der Waals surface area contributed by atoms with Gasteiger partial charge in [-0.1, -0.05) is 40.9 Å². The number of aryl methyl sites for hydroxylation is 2. The number of halogens is 1. The maximum Gasteiger partial charge on any atom is 0.257 e. The minimum absolute atomic E-state index is 0.0280. The molecule has 4 heteroatoms. The van der Waals surface area contributed by atoms with Gasteiger partial charge in [0.05, 0.1) is 11.6 Å². The maximum absolute atomic E-state index is 12.8. The van der Waals surface area contributed by atoms with Crippen LogP contribution in [0.3, 0.4) is 0 Å². The summed E-state index contributed by atoms with van der Waals surface area (Å²) in [6, 6.07) is 10.1. The third kappa shape index (κ3) is 2.86. The second-order valence-electron chi connectivity index (χ2n) is 5.92. The predicted molar refractivity (Wildman–Crippen MR) is 88.2 cm³/mol. The number of pyridine rings is 1. The number of hydrogen-bond donors (Lipinski definition) is 0. The Morgan fingerprint density at radius 1 is 1.27 bits per heavy atom. The highest BCUT2D eigenvalue weighted by molar-refractivity contribution is 6.32. The van der Waals surface area contributed by atoms with Crippen molar-refractivity contribution >= 4 is 17.5 Å². The lowest BCUT2D eigenvalue weighted by Gasteiger charge is -2.26. The summed E-state index contributed by atoms with van der Waals surface area (Å²) in [7, 11) is 0. The van der Waals surface area contributed by atoms with Gasteiger partial charge in [0.15, 0.2) is 0 Å². The van der Waals surface area contributed by atoms with Gasteiger partial charge in [-0.05, 0) is 44.4 Å². The Morgan fingerprint density at radius 3 is 2.68 bits per heavy atom. The van der Waals surface area contributed by atoms with E-state index in [9.17, 15) is 4.79 Å². The molecule has 1 aliphatic rings. The van der Waals surface area contributed by atoms with E-state index < -0.39 is 0 Å². The molecule has 0 saturated carbocycles. The molecule has 1 unspecified atom stereocenters. The monoisotopic (exact) mass is 314 g/mol. The number of carbonyl (C=O) groups excluding carboxylic acids is 1. The molecule has 0 N–H and O–H groups in total. The van der Waals surface area contributed by atoms with E-state index in [1.807, 2.05) is 4.90 Å². The van der Waals surface area contributed by atoms with Gasteiger partial charge >= 0.3 is 0 Å². The smallest absolute Gasteiger partial charge is 0.257 e. The van der Waals surface area contributed by atoms with Gasteiger partial charge in [-0.15, -0.1) is 0 Å². The minimum Gasteiger partial charge on any atom is -0.332 e. The molecule has 2 aromatic rings. The molecule has 1 saturated heterocycles. The molecule has 1 fully saturated rings. The van der Waals surface area contributed by atoms with Crippen molar-refractivity contribution in [1.82, 2.24) is 9.88 Å². The van der Waals surface area contributed by atoms with Crippen LogP contribution in [0.15, 0.2) is 36.5 Å². The van der Waals surface area contributed by atoms with Gasteiger partial charge in [0.25, 0.3) is 5.91 Å². The van der Waals surface area contributed by atoms with Crippen LogP contribution in [0, 0.1) is 13.8 Å². The molecule has 3 rings (SSSR count). The number of hydrogen-bond acceptors (Lipinski definition) is 2. The van der Waals surface area contributed by atoms with Crippen molar-refractivity contribution in [3.05, 3.63) is 63.9 Å². The quantitative estimate of drug-likeness (QED) is 0.773. The van der Waals surface area contributed by atoms with Crippen LogP contribution in [0.4, 0.5) is 0 Å². The Balaban J connectivity index is 1.93. The van der Waals surface area contributed by atoms with Crippen molar-refractivity contribution in [2.45, 2.75) is 32.7 Å². The van der Waals surface area contributed by atoms with E-state index in [2.05, 4.69) is 37.0 Å². The van der Waals surface area contributed by atoms with Crippen molar-refractivity contribution in [3.8, 4) is 0 Å². The molecule has 1 aromatic heterocycles. The maximum atomic E-state index is 12.8. The van der Waals surface area contributed by atoms with Gasteiger partial charge in [0.2, 0.25) is 0 Å². The van der Waals surface area contributed by atoms with Gasteiger partial charge < -0.3 is 4.90 Å². The Morgan fingerprint density at radius 2 is 2.00 bits per heavy atom. The van der Waals surface area contributed by atoms with Gasteiger partial charge in [-0.2, -0.15) is 0 Å². The summed E-state index contributed by atoms with van der Waals surface area (Å²) in [6.45, 7) is 4.95. The first-order chi connectivity index (χ1) is 10.6. The molecule has 0 spiro atoms. The van der Waals surface area contributed by atoms with E-state index in [4.69, 9.17) is 11.6 Å². The molecule has 0 radical (unpaired) electrons. The molecule has 1 aromatic carbocycles. The molecule has 22 heavy (non-hydrogen) atoms. The number of aromatic nitrogens is 1. The zero-order valence-corrected chi connectivity index (χ0v) is 13.6. The van der Waals surface area contributed by atoms with Crippen LogP contribution in [0.1, 0.15) is 45.9 Å². The topological polar surface area (TPSA) is 33.2 Å². The third-order valence-corrected chi connectivity index (χ3v) is 4.43. The van der Waals surface area contributed by atoms with Gasteiger partial charge in [0, 0.05) is 12.7 Å². The molecule has 0 bridgehead atoms. The van der Waals surface area contributed by atoms with Crippen LogP contribution in [-0.2, 0) is 0 Å². The largest absolute Gasteiger partial charge is 0.332 e. The molecule has 3 nitrogen and oxygen atoms in total. The molecule has 1 amide bonds. The van der Waals surface area contributed by atoms with Crippen LogP contribution in [0.5, 0.6) is 0 Å². The number of carbonyl (C=O) groups is 1. The lowest BCUT2D eigenvalue weighted by atomic mass is 9.99. The number of rotatable bonds is 2. The lowest BCUT2D eigenvalue weighted by Crippen LogP contribution is -2.31. The number of amides is 1. The Labute approximate surface area is 135 Å². The second-order valence-corrected chi connectivity index (χ2v) is 6.28. The highest BCUT2D eigenvalue weighted by atomic mass is 35.5. The molecule has 114 valence electrons. The predicted octanol–water partition coefficient (Wildman–Crippen LogP) is 4.33. The first-order valence-electron chi connectivity index (χ1n) is 7.56. The molecular weight excluding hydrogens is 296 g/mol. The number of benzene rings is 1. The summed E-state index contributed by atoms with van der Waals surface area (Å²) in [5.41, 5.74) is 4.16. The summed E-state index contributed by atoms with van der Waals surface area (Å²) < 4.78 is 0. The third-order valence-electron chi connectivity index (χ3n) is 4.13. The summed E-state index contributed by atoms with van der Waals surface area (Å²) in [5, 5.41) is 0.276. The average Bonchev–Trinajstić information content (AvgIpc) is 2.95. The zero-order chi connectivity index (χ0) is 15.7. The number of nitrogens with zero attached hydrogens (tertiary/aromatic N) is 2. The van der Waals surface area contributed by atoms with Crippen molar-refractivity contribution in [1.29, 1.82) is 0 Å². The normalized spacial score (nSPS) is 17.8. The minimum atomic E-state index is -0.0280. The van der Waals surface area contributed by atoms with E-state index in [1.54, 1.807) is 18.3 Å². The van der Waals surface area contributed by atoms with Crippen LogP contribution in [-0.4, -0.2) is 22.3 Å². The molecular formula is C18H19ClN2O. The van der Waals surface area contributed by atoms with E-state index in [1.165, 1.54) is 16.7 Å². The van der Waals surface area contributed by atoms with Crippen molar-refractivity contribution in [2.24, 2.45) is 0 Å². The van der Waals surface area contributed by atoms with Gasteiger partial charge in [-0.3, -0.25) is 4.79 Å². The highest BCUT2D eigenvalue weighted by Gasteiger charge is 2.31. The van der Waals surface area contributed by atoms with E-state index >= 15 is 0 Å². The first-order valence-corrected chi connectivity index (χ1v) is 7.94. The fourth-order valence-electron chi connectivity index (χ4n) is 3.26. The Bertz CT molecular complexity index is 694.